The molecular weight excluding hydrogens is 334 g/mol. The average Bonchev–Trinajstić information content (AvgIpc) is 3.23. The quantitative estimate of drug-likeness (QED) is 0.483. The third kappa shape index (κ3) is 3.34. The third-order valence-electron chi connectivity index (χ3n) is 4.21. The van der Waals surface area contributed by atoms with Gasteiger partial charge < -0.3 is 14.2 Å². The molecule has 0 spiro atoms. The number of fused-ring (bicyclic) bond motifs is 1. The second kappa shape index (κ2) is 6.79. The Bertz CT molecular complexity index is 985. The van der Waals surface area contributed by atoms with Crippen molar-refractivity contribution in [3.05, 3.63) is 83.0 Å². The fourth-order valence-electron chi connectivity index (χ4n) is 3.03. The van der Waals surface area contributed by atoms with Gasteiger partial charge in [-0.05, 0) is 48.9 Å². The molecule has 4 aromatic rings. The molecule has 0 bridgehead atoms. The van der Waals surface area contributed by atoms with Crippen LogP contribution in [0.1, 0.15) is 17.1 Å². The van der Waals surface area contributed by atoms with Crippen molar-refractivity contribution in [3.8, 4) is 11.1 Å². The van der Waals surface area contributed by atoms with E-state index in [0.29, 0.717) is 13.1 Å². The maximum atomic E-state index is 6.13. The molecule has 4 heteroatoms. The summed E-state index contributed by atoms with van der Waals surface area (Å²) in [6.45, 7) is 3.36. The molecule has 0 amide bonds. The molecule has 2 aromatic heterocycles. The molecule has 2 aromatic carbocycles. The topological polar surface area (TPSA) is 38.3 Å². The van der Waals surface area contributed by atoms with Crippen molar-refractivity contribution < 1.29 is 8.83 Å². The first-order valence-electron chi connectivity index (χ1n) is 8.22. The number of halogens is 1. The summed E-state index contributed by atoms with van der Waals surface area (Å²) >= 11 is 6.05. The molecule has 0 aliphatic heterocycles. The zero-order chi connectivity index (χ0) is 17.2. The van der Waals surface area contributed by atoms with Crippen molar-refractivity contribution in [1.82, 2.24) is 5.32 Å². The Morgan fingerprint density at radius 2 is 1.84 bits per heavy atom. The van der Waals surface area contributed by atoms with Crippen molar-refractivity contribution in [1.29, 1.82) is 0 Å². The number of hydrogen-bond acceptors (Lipinski definition) is 3. The largest absolute Gasteiger partial charge is 0.468 e. The number of furan rings is 2. The van der Waals surface area contributed by atoms with Crippen molar-refractivity contribution in [2.24, 2.45) is 0 Å². The summed E-state index contributed by atoms with van der Waals surface area (Å²) in [5.74, 6) is 1.81. The highest BCUT2D eigenvalue weighted by Gasteiger charge is 2.16. The fourth-order valence-corrected chi connectivity index (χ4v) is 3.16. The fraction of sp³-hybridized carbons (Fsp3) is 0.143. The lowest BCUT2D eigenvalue weighted by Gasteiger charge is -2.05. The zero-order valence-corrected chi connectivity index (χ0v) is 14.6. The van der Waals surface area contributed by atoms with Crippen molar-refractivity contribution in [3.63, 3.8) is 0 Å². The van der Waals surface area contributed by atoms with E-state index in [2.05, 4.69) is 24.4 Å². The first kappa shape index (κ1) is 16.0. The van der Waals surface area contributed by atoms with E-state index in [1.54, 1.807) is 6.26 Å². The summed E-state index contributed by atoms with van der Waals surface area (Å²) in [4.78, 5) is 0. The van der Waals surface area contributed by atoms with Gasteiger partial charge in [-0.3, -0.25) is 0 Å². The normalized spacial score (nSPS) is 11.3. The SMILES string of the molecule is Cc1ccc2oc(CNCc3ccco3)c(-c3ccc(Cl)cc3)c2c1. The molecule has 126 valence electrons. The predicted molar refractivity (Wildman–Crippen MR) is 101 cm³/mol. The van der Waals surface area contributed by atoms with E-state index in [4.69, 9.17) is 20.4 Å². The Morgan fingerprint density at radius 1 is 1.00 bits per heavy atom. The van der Waals surface area contributed by atoms with E-state index < -0.39 is 0 Å². The Balaban J connectivity index is 1.71. The molecule has 0 aliphatic rings. The van der Waals surface area contributed by atoms with Gasteiger partial charge in [-0.15, -0.1) is 0 Å². The molecule has 0 aliphatic carbocycles. The maximum Gasteiger partial charge on any atom is 0.135 e. The van der Waals surface area contributed by atoms with Crippen LogP contribution in [0.4, 0.5) is 0 Å². The van der Waals surface area contributed by atoms with Crippen LogP contribution in [-0.2, 0) is 13.1 Å². The van der Waals surface area contributed by atoms with Gasteiger partial charge in [0, 0.05) is 16.0 Å². The number of rotatable bonds is 5. The van der Waals surface area contributed by atoms with Crippen molar-refractivity contribution >= 4 is 22.6 Å². The smallest absolute Gasteiger partial charge is 0.135 e. The Labute approximate surface area is 151 Å². The van der Waals surface area contributed by atoms with Crippen LogP contribution < -0.4 is 5.32 Å². The third-order valence-corrected chi connectivity index (χ3v) is 4.47. The summed E-state index contributed by atoms with van der Waals surface area (Å²) < 4.78 is 11.5. The van der Waals surface area contributed by atoms with Crippen LogP contribution in [0.15, 0.2) is 69.7 Å². The Morgan fingerprint density at radius 3 is 2.60 bits per heavy atom. The van der Waals surface area contributed by atoms with Gasteiger partial charge in [0.05, 0.1) is 19.4 Å². The minimum atomic E-state index is 0.617. The minimum absolute atomic E-state index is 0.617. The standard InChI is InChI=1S/C21H18ClNO2/c1-14-4-9-19-18(11-14)21(15-5-7-16(22)8-6-15)20(25-19)13-23-12-17-3-2-10-24-17/h2-11,23H,12-13H2,1H3. The highest BCUT2D eigenvalue weighted by molar-refractivity contribution is 6.30. The molecule has 3 nitrogen and oxygen atoms in total. The minimum Gasteiger partial charge on any atom is -0.468 e. The van der Waals surface area contributed by atoms with Crippen LogP contribution in [-0.4, -0.2) is 0 Å². The molecule has 25 heavy (non-hydrogen) atoms. The summed E-state index contributed by atoms with van der Waals surface area (Å²) in [6, 6.07) is 18.0. The molecule has 2 heterocycles. The second-order valence-corrected chi connectivity index (χ2v) is 6.53. The molecule has 0 radical (unpaired) electrons. The van der Waals surface area contributed by atoms with Gasteiger partial charge in [0.25, 0.3) is 0 Å². The van der Waals surface area contributed by atoms with Crippen LogP contribution in [0.25, 0.3) is 22.1 Å². The molecule has 1 N–H and O–H groups in total. The summed E-state index contributed by atoms with van der Waals surface area (Å²) in [5, 5.41) is 5.24. The van der Waals surface area contributed by atoms with E-state index in [9.17, 15) is 0 Å². The van der Waals surface area contributed by atoms with E-state index >= 15 is 0 Å². The van der Waals surface area contributed by atoms with Gasteiger partial charge in [0.2, 0.25) is 0 Å². The second-order valence-electron chi connectivity index (χ2n) is 6.09. The van der Waals surface area contributed by atoms with E-state index in [-0.39, 0.29) is 0 Å². The number of hydrogen-bond donors (Lipinski definition) is 1. The number of nitrogens with one attached hydrogen (secondary N) is 1. The Kier molecular flexibility index (Phi) is 4.35. The highest BCUT2D eigenvalue weighted by atomic mass is 35.5. The predicted octanol–water partition coefficient (Wildman–Crippen LogP) is 5.94. The zero-order valence-electron chi connectivity index (χ0n) is 13.9. The van der Waals surface area contributed by atoms with Gasteiger partial charge in [0.1, 0.15) is 17.1 Å². The molecule has 0 atom stereocenters. The van der Waals surface area contributed by atoms with Gasteiger partial charge >= 0.3 is 0 Å². The summed E-state index contributed by atoms with van der Waals surface area (Å²) in [5.41, 5.74) is 4.31. The molecule has 0 saturated heterocycles. The van der Waals surface area contributed by atoms with E-state index in [0.717, 1.165) is 38.6 Å². The van der Waals surface area contributed by atoms with Crippen molar-refractivity contribution in [2.75, 3.05) is 0 Å². The highest BCUT2D eigenvalue weighted by Crippen LogP contribution is 2.36. The van der Waals surface area contributed by atoms with Gasteiger partial charge in [-0.2, -0.15) is 0 Å². The first-order chi connectivity index (χ1) is 12.2. The lowest BCUT2D eigenvalue weighted by molar-refractivity contribution is 0.462. The van der Waals surface area contributed by atoms with E-state index in [1.165, 1.54) is 5.56 Å². The first-order valence-corrected chi connectivity index (χ1v) is 8.59. The molecule has 0 unspecified atom stereocenters. The van der Waals surface area contributed by atoms with Gasteiger partial charge in [-0.1, -0.05) is 35.4 Å². The average molecular weight is 352 g/mol. The summed E-state index contributed by atoms with van der Waals surface area (Å²) in [6.07, 6.45) is 1.68. The van der Waals surface area contributed by atoms with Crippen LogP contribution in [0.3, 0.4) is 0 Å². The van der Waals surface area contributed by atoms with Gasteiger partial charge in [-0.25, -0.2) is 0 Å². The molecule has 4 rings (SSSR count). The lowest BCUT2D eigenvalue weighted by atomic mass is 10.0. The Hall–Kier alpha value is -2.49. The number of benzene rings is 2. The maximum absolute atomic E-state index is 6.13. The molecule has 0 saturated carbocycles. The molecule has 0 fully saturated rings. The number of aryl methyl sites for hydroxylation is 1. The monoisotopic (exact) mass is 351 g/mol. The lowest BCUT2D eigenvalue weighted by Crippen LogP contribution is -2.12. The van der Waals surface area contributed by atoms with E-state index in [1.807, 2.05) is 42.5 Å². The van der Waals surface area contributed by atoms with Crippen molar-refractivity contribution in [2.45, 2.75) is 20.0 Å². The van der Waals surface area contributed by atoms with Crippen LogP contribution in [0, 0.1) is 6.92 Å². The van der Waals surface area contributed by atoms with Crippen LogP contribution >= 0.6 is 11.6 Å². The van der Waals surface area contributed by atoms with Crippen LogP contribution in [0.5, 0.6) is 0 Å². The summed E-state index contributed by atoms with van der Waals surface area (Å²) in [7, 11) is 0. The van der Waals surface area contributed by atoms with Crippen LogP contribution in [0.2, 0.25) is 5.02 Å². The van der Waals surface area contributed by atoms with Gasteiger partial charge in [0.15, 0.2) is 0 Å². The molecular formula is C21H18ClNO2.